The average Bonchev–Trinajstić information content (AvgIpc) is 2.84. The van der Waals surface area contributed by atoms with E-state index in [1.807, 2.05) is 0 Å². The van der Waals surface area contributed by atoms with Crippen molar-refractivity contribution >= 4 is 23.4 Å². The van der Waals surface area contributed by atoms with Gasteiger partial charge in [0.05, 0.1) is 11.4 Å². The number of fused-ring (bicyclic) bond motifs is 4. The topological polar surface area (TPSA) is 72.9 Å². The average molecular weight is 438 g/mol. The summed E-state index contributed by atoms with van der Waals surface area (Å²) in [4.78, 5) is 28.7. The molecule has 6 nitrogen and oxygen atoms in total. The van der Waals surface area contributed by atoms with Gasteiger partial charge in [-0.2, -0.15) is 0 Å². The summed E-state index contributed by atoms with van der Waals surface area (Å²) < 4.78 is 28.1. The van der Waals surface area contributed by atoms with E-state index in [-0.39, 0.29) is 52.9 Å². The highest BCUT2D eigenvalue weighted by molar-refractivity contribution is 6.21. The van der Waals surface area contributed by atoms with Crippen molar-refractivity contribution < 1.29 is 23.5 Å². The molecule has 160 valence electrons. The Kier molecular flexibility index (Phi) is 5.44. The molecule has 2 bridgehead atoms. The van der Waals surface area contributed by atoms with Gasteiger partial charge in [-0.05, 0) is 37.5 Å². The summed E-state index contributed by atoms with van der Waals surface area (Å²) in [6.45, 7) is 2.23. The number of aryl methyl sites for hydroxylation is 1. The molecule has 2 saturated heterocycles. The van der Waals surface area contributed by atoms with E-state index in [2.05, 4.69) is 5.32 Å². The van der Waals surface area contributed by atoms with Gasteiger partial charge in [0.1, 0.15) is 23.1 Å². The fourth-order valence-corrected chi connectivity index (χ4v) is 4.56. The molecule has 0 radical (unpaired) electrons. The quantitative estimate of drug-likeness (QED) is 0.713. The number of alkyl halides is 1. The van der Waals surface area contributed by atoms with Crippen LogP contribution in [-0.2, 0) is 16.1 Å². The number of hydrogen-bond acceptors (Lipinski definition) is 4. The summed E-state index contributed by atoms with van der Waals surface area (Å²) in [7, 11) is 0. The molecule has 3 aliphatic rings. The Morgan fingerprint density at radius 2 is 2.03 bits per heavy atom. The van der Waals surface area contributed by atoms with Crippen LogP contribution in [0.1, 0.15) is 30.4 Å². The maximum atomic E-state index is 14.0. The third-order valence-corrected chi connectivity index (χ3v) is 6.28. The highest BCUT2D eigenvalue weighted by Crippen LogP contribution is 2.35. The largest absolute Gasteiger partial charge is 0.510 e. The van der Waals surface area contributed by atoms with Crippen LogP contribution in [-0.4, -0.2) is 51.2 Å². The first-order valence-corrected chi connectivity index (χ1v) is 10.3. The Bertz CT molecular complexity index is 955. The Morgan fingerprint density at radius 1 is 1.33 bits per heavy atom. The van der Waals surface area contributed by atoms with Crippen molar-refractivity contribution in [2.45, 2.75) is 44.1 Å². The Balaban J connectivity index is 1.55. The lowest BCUT2D eigenvalue weighted by Crippen LogP contribution is -2.55. The van der Waals surface area contributed by atoms with E-state index in [1.54, 1.807) is 16.7 Å². The van der Waals surface area contributed by atoms with Gasteiger partial charge in [-0.15, -0.1) is 11.6 Å². The Hall–Kier alpha value is -2.61. The van der Waals surface area contributed by atoms with E-state index in [9.17, 15) is 23.5 Å². The van der Waals surface area contributed by atoms with Crippen LogP contribution in [0.25, 0.3) is 0 Å². The number of aliphatic hydroxyl groups is 1. The predicted octanol–water partition coefficient (Wildman–Crippen LogP) is 2.86. The number of nitrogens with zero attached hydrogens (tertiary/aromatic N) is 2. The van der Waals surface area contributed by atoms with Crippen molar-refractivity contribution in [3.63, 3.8) is 0 Å². The van der Waals surface area contributed by atoms with Gasteiger partial charge in [-0.3, -0.25) is 9.59 Å². The number of aliphatic hydroxyl groups excluding tert-OH is 1. The molecule has 0 spiro atoms. The number of carbonyl (C=O) groups is 2. The number of carbonyl (C=O) groups excluding carboxylic acids is 2. The molecule has 0 aromatic heterocycles. The number of nitrogens with one attached hydrogen (secondary N) is 1. The van der Waals surface area contributed by atoms with Crippen LogP contribution in [0, 0.1) is 18.6 Å². The molecule has 9 heteroatoms. The van der Waals surface area contributed by atoms with Crippen molar-refractivity contribution in [2.75, 3.05) is 13.1 Å². The minimum atomic E-state index is -0.736. The van der Waals surface area contributed by atoms with Crippen LogP contribution in [0.2, 0.25) is 0 Å². The molecule has 4 rings (SSSR count). The minimum absolute atomic E-state index is 0.143. The van der Waals surface area contributed by atoms with Crippen molar-refractivity contribution in [3.05, 3.63) is 58.1 Å². The van der Waals surface area contributed by atoms with E-state index in [4.69, 9.17) is 11.6 Å². The lowest BCUT2D eigenvalue weighted by Gasteiger charge is -2.43. The maximum Gasteiger partial charge on any atom is 0.274 e. The molecule has 3 heterocycles. The Morgan fingerprint density at radius 3 is 2.73 bits per heavy atom. The van der Waals surface area contributed by atoms with Crippen LogP contribution in [0.4, 0.5) is 8.78 Å². The van der Waals surface area contributed by atoms with Gasteiger partial charge in [-0.25, -0.2) is 8.78 Å². The molecule has 1 aromatic rings. The van der Waals surface area contributed by atoms with Gasteiger partial charge in [0.2, 0.25) is 5.91 Å². The van der Waals surface area contributed by atoms with Crippen molar-refractivity contribution in [1.29, 1.82) is 0 Å². The zero-order valence-electron chi connectivity index (χ0n) is 16.4. The maximum absolute atomic E-state index is 14.0. The molecule has 0 saturated carbocycles. The number of hydrogen-bond donors (Lipinski definition) is 2. The highest BCUT2D eigenvalue weighted by Gasteiger charge is 2.44. The third kappa shape index (κ3) is 3.64. The number of piperazine rings is 1. The smallest absolute Gasteiger partial charge is 0.274 e. The van der Waals surface area contributed by atoms with Gasteiger partial charge in [-0.1, -0.05) is 0 Å². The van der Waals surface area contributed by atoms with Gasteiger partial charge >= 0.3 is 0 Å². The standard InChI is InChI=1S/C21H22ClF2N3O3/c1-11-5-15(23)13(16(24)6-11)8-25-20(29)12-7-18(28)19-21(30)26-4-2-3-14(22)17(10-26)27(19)9-12/h5-6,9,14,17,28H,2-4,7-8,10H2,1H3,(H,25,29)/t14-,17-/m1/s1. The number of allylic oxidation sites excluding steroid dienone is 1. The normalized spacial score (nSPS) is 23.7. The number of benzene rings is 1. The second-order valence-electron chi connectivity index (χ2n) is 7.90. The SMILES string of the molecule is Cc1cc(F)c(CNC(=O)C2=CN3C(=C(O)C2)C(=O)N2CCC[C@@H](Cl)[C@H]3C2)c(F)c1. The summed E-state index contributed by atoms with van der Waals surface area (Å²) in [5.41, 5.74) is 0.546. The van der Waals surface area contributed by atoms with E-state index >= 15 is 0 Å². The first-order valence-electron chi connectivity index (χ1n) is 9.83. The molecular weight excluding hydrogens is 416 g/mol. The summed E-state index contributed by atoms with van der Waals surface area (Å²) >= 11 is 6.52. The van der Waals surface area contributed by atoms with Crippen LogP contribution in [0.5, 0.6) is 0 Å². The van der Waals surface area contributed by atoms with Crippen LogP contribution in [0.15, 0.2) is 35.4 Å². The van der Waals surface area contributed by atoms with Crippen molar-refractivity contribution in [2.24, 2.45) is 0 Å². The fraction of sp³-hybridized carbons (Fsp3) is 0.429. The minimum Gasteiger partial charge on any atom is -0.510 e. The van der Waals surface area contributed by atoms with Crippen molar-refractivity contribution in [1.82, 2.24) is 15.1 Å². The van der Waals surface area contributed by atoms with E-state index < -0.39 is 17.5 Å². The van der Waals surface area contributed by atoms with E-state index in [1.165, 1.54) is 18.3 Å². The summed E-state index contributed by atoms with van der Waals surface area (Å²) in [6.07, 6.45) is 2.85. The molecule has 2 atom stereocenters. The summed E-state index contributed by atoms with van der Waals surface area (Å²) in [6, 6.07) is 2.13. The van der Waals surface area contributed by atoms with Gasteiger partial charge < -0.3 is 20.2 Å². The van der Waals surface area contributed by atoms with E-state index in [0.29, 0.717) is 25.1 Å². The Labute approximate surface area is 177 Å². The molecule has 3 aliphatic heterocycles. The summed E-state index contributed by atoms with van der Waals surface area (Å²) in [5, 5.41) is 12.8. The monoisotopic (exact) mass is 437 g/mol. The zero-order valence-corrected chi connectivity index (χ0v) is 17.2. The second kappa shape index (κ2) is 7.91. The molecule has 2 N–H and O–H groups in total. The molecule has 2 amide bonds. The number of amides is 2. The first-order chi connectivity index (χ1) is 14.3. The second-order valence-corrected chi connectivity index (χ2v) is 8.46. The van der Waals surface area contributed by atoms with Crippen LogP contribution in [0.3, 0.4) is 0 Å². The van der Waals surface area contributed by atoms with Crippen molar-refractivity contribution in [3.8, 4) is 0 Å². The predicted molar refractivity (Wildman–Crippen MR) is 106 cm³/mol. The van der Waals surface area contributed by atoms with Gasteiger partial charge in [0.15, 0.2) is 0 Å². The molecule has 0 aliphatic carbocycles. The fourth-order valence-electron chi connectivity index (χ4n) is 4.20. The lowest BCUT2D eigenvalue weighted by molar-refractivity contribution is -0.132. The van der Waals surface area contributed by atoms with Crippen LogP contribution >= 0.6 is 11.6 Å². The first kappa shape index (κ1) is 20.7. The highest BCUT2D eigenvalue weighted by atomic mass is 35.5. The van der Waals surface area contributed by atoms with Gasteiger partial charge in [0.25, 0.3) is 5.91 Å². The van der Waals surface area contributed by atoms with E-state index in [0.717, 1.165) is 6.42 Å². The molecule has 2 fully saturated rings. The van der Waals surface area contributed by atoms with Gasteiger partial charge in [0, 0.05) is 43.4 Å². The third-order valence-electron chi connectivity index (χ3n) is 5.77. The molecular formula is C21H22ClF2N3O3. The molecule has 1 aromatic carbocycles. The molecule has 0 unspecified atom stereocenters. The summed E-state index contributed by atoms with van der Waals surface area (Å²) in [5.74, 6) is -2.54. The zero-order chi connectivity index (χ0) is 21.6. The van der Waals surface area contributed by atoms with Crippen LogP contribution < -0.4 is 5.32 Å². The number of halogens is 3. The lowest BCUT2D eigenvalue weighted by atomic mass is 9.99. The number of rotatable bonds is 3. The molecule has 30 heavy (non-hydrogen) atoms.